The highest BCUT2D eigenvalue weighted by molar-refractivity contribution is 6.33. The Morgan fingerprint density at radius 2 is 1.75 bits per heavy atom. The molecule has 0 unspecified atom stereocenters. The second kappa shape index (κ2) is 5.35. The molecule has 0 atom stereocenters. The summed E-state index contributed by atoms with van der Waals surface area (Å²) in [7, 11) is 0. The summed E-state index contributed by atoms with van der Waals surface area (Å²) in [5.74, 6) is 0.978. The average molecular weight is 286 g/mol. The number of nitrogen functional groups attached to an aromatic ring is 1. The minimum Gasteiger partial charge on any atom is -0.420 e. The lowest BCUT2D eigenvalue weighted by atomic mass is 10.1. The molecule has 0 aliphatic rings. The van der Waals surface area contributed by atoms with Crippen LogP contribution in [0.15, 0.2) is 52.9 Å². The van der Waals surface area contributed by atoms with Crippen LogP contribution in [0, 0.1) is 0 Å². The summed E-state index contributed by atoms with van der Waals surface area (Å²) in [4.78, 5) is 0. The van der Waals surface area contributed by atoms with Crippen molar-refractivity contribution in [2.75, 3.05) is 5.73 Å². The Bertz CT molecular complexity index is 722. The largest absolute Gasteiger partial charge is 0.420 e. The second-order valence-corrected chi connectivity index (χ2v) is 4.81. The smallest absolute Gasteiger partial charge is 0.249 e. The molecule has 0 aliphatic carbocycles. The summed E-state index contributed by atoms with van der Waals surface area (Å²) >= 11 is 6.10. The summed E-state index contributed by atoms with van der Waals surface area (Å²) in [6.45, 7) is 0. The van der Waals surface area contributed by atoms with Crippen LogP contribution in [-0.4, -0.2) is 10.2 Å². The maximum Gasteiger partial charge on any atom is 0.249 e. The average Bonchev–Trinajstić information content (AvgIpc) is 2.90. The fraction of sp³-hybridized carbons (Fsp3) is 0.0667. The molecule has 5 heteroatoms. The third kappa shape index (κ3) is 2.65. The van der Waals surface area contributed by atoms with Crippen molar-refractivity contribution in [1.29, 1.82) is 0 Å². The molecule has 0 bridgehead atoms. The molecule has 0 aliphatic heterocycles. The first-order chi connectivity index (χ1) is 9.72. The van der Waals surface area contributed by atoms with Crippen molar-refractivity contribution in [3.05, 3.63) is 65.0 Å². The lowest BCUT2D eigenvalue weighted by Gasteiger charge is -1.98. The van der Waals surface area contributed by atoms with E-state index in [-0.39, 0.29) is 0 Å². The van der Waals surface area contributed by atoms with Gasteiger partial charge in [-0.05, 0) is 29.8 Å². The maximum atomic E-state index is 6.10. The predicted octanol–water partition coefficient (Wildman–Crippen LogP) is 3.56. The number of rotatable bonds is 3. The van der Waals surface area contributed by atoms with Crippen molar-refractivity contribution in [1.82, 2.24) is 10.2 Å². The van der Waals surface area contributed by atoms with E-state index in [2.05, 4.69) is 10.2 Å². The molecule has 0 amide bonds. The van der Waals surface area contributed by atoms with Crippen LogP contribution in [-0.2, 0) is 6.42 Å². The van der Waals surface area contributed by atoms with E-state index in [1.165, 1.54) is 0 Å². The van der Waals surface area contributed by atoms with Crippen LogP contribution in [0.5, 0.6) is 0 Å². The number of nitrogens with zero attached hydrogens (tertiary/aromatic N) is 2. The second-order valence-electron chi connectivity index (χ2n) is 4.40. The van der Waals surface area contributed by atoms with Crippen molar-refractivity contribution >= 4 is 17.3 Å². The zero-order valence-corrected chi connectivity index (χ0v) is 11.3. The quantitative estimate of drug-likeness (QED) is 0.747. The van der Waals surface area contributed by atoms with Gasteiger partial charge in [-0.15, -0.1) is 10.2 Å². The van der Waals surface area contributed by atoms with Crippen LogP contribution >= 0.6 is 11.6 Å². The topological polar surface area (TPSA) is 64.9 Å². The molecule has 0 saturated heterocycles. The highest BCUT2D eigenvalue weighted by Gasteiger charge is 2.11. The summed E-state index contributed by atoms with van der Waals surface area (Å²) in [6.07, 6.45) is 0.567. The molecule has 20 heavy (non-hydrogen) atoms. The molecule has 100 valence electrons. The van der Waals surface area contributed by atoms with E-state index in [4.69, 9.17) is 21.8 Å². The Kier molecular flexibility index (Phi) is 3.39. The van der Waals surface area contributed by atoms with Gasteiger partial charge < -0.3 is 10.2 Å². The monoisotopic (exact) mass is 285 g/mol. The van der Waals surface area contributed by atoms with Gasteiger partial charge in [0.1, 0.15) is 0 Å². The summed E-state index contributed by atoms with van der Waals surface area (Å²) in [6, 6.07) is 15.0. The fourth-order valence-corrected chi connectivity index (χ4v) is 2.10. The molecule has 1 aromatic heterocycles. The molecular formula is C15H12ClN3O. The summed E-state index contributed by atoms with van der Waals surface area (Å²) in [5.41, 5.74) is 8.19. The van der Waals surface area contributed by atoms with Crippen LogP contribution in [0.1, 0.15) is 11.5 Å². The number of benzene rings is 2. The standard InChI is InChI=1S/C15H12ClN3O/c16-13-4-2-1-3-12(13)15-19-18-14(20-15)9-10-5-7-11(17)8-6-10/h1-8H,9,17H2. The minimum absolute atomic E-state index is 0.432. The van der Waals surface area contributed by atoms with E-state index in [0.29, 0.717) is 23.2 Å². The number of halogens is 1. The highest BCUT2D eigenvalue weighted by atomic mass is 35.5. The van der Waals surface area contributed by atoms with E-state index < -0.39 is 0 Å². The molecule has 3 aromatic rings. The zero-order chi connectivity index (χ0) is 13.9. The molecular weight excluding hydrogens is 274 g/mol. The number of hydrogen-bond acceptors (Lipinski definition) is 4. The summed E-state index contributed by atoms with van der Waals surface area (Å²) in [5, 5.41) is 8.67. The Hall–Kier alpha value is -2.33. The van der Waals surface area contributed by atoms with Gasteiger partial charge in [0.2, 0.25) is 11.8 Å². The van der Waals surface area contributed by atoms with E-state index in [0.717, 1.165) is 16.8 Å². The van der Waals surface area contributed by atoms with Gasteiger partial charge in [0.05, 0.1) is 17.0 Å². The van der Waals surface area contributed by atoms with Gasteiger partial charge in [0.25, 0.3) is 0 Å². The first kappa shape index (κ1) is 12.7. The van der Waals surface area contributed by atoms with Crippen LogP contribution in [0.2, 0.25) is 5.02 Å². The van der Waals surface area contributed by atoms with Gasteiger partial charge >= 0.3 is 0 Å². The number of aromatic nitrogens is 2. The van der Waals surface area contributed by atoms with Crippen molar-refractivity contribution in [2.45, 2.75) is 6.42 Å². The Morgan fingerprint density at radius 1 is 1.00 bits per heavy atom. The van der Waals surface area contributed by atoms with Gasteiger partial charge in [-0.25, -0.2) is 0 Å². The van der Waals surface area contributed by atoms with Crippen LogP contribution < -0.4 is 5.73 Å². The lowest BCUT2D eigenvalue weighted by molar-refractivity contribution is 0.518. The Balaban J connectivity index is 1.84. The van der Waals surface area contributed by atoms with E-state index >= 15 is 0 Å². The first-order valence-corrected chi connectivity index (χ1v) is 6.52. The normalized spacial score (nSPS) is 10.7. The Morgan fingerprint density at radius 3 is 2.50 bits per heavy atom. The van der Waals surface area contributed by atoms with Crippen LogP contribution in [0.25, 0.3) is 11.5 Å². The van der Waals surface area contributed by atoms with Crippen molar-refractivity contribution < 1.29 is 4.42 Å². The third-order valence-electron chi connectivity index (χ3n) is 2.91. The molecule has 0 radical (unpaired) electrons. The number of hydrogen-bond donors (Lipinski definition) is 1. The van der Waals surface area contributed by atoms with Gasteiger partial charge in [-0.2, -0.15) is 0 Å². The van der Waals surface area contributed by atoms with Gasteiger partial charge in [0, 0.05) is 5.69 Å². The molecule has 4 nitrogen and oxygen atoms in total. The van der Waals surface area contributed by atoms with Crippen LogP contribution in [0.4, 0.5) is 5.69 Å². The lowest BCUT2D eigenvalue weighted by Crippen LogP contribution is -1.90. The van der Waals surface area contributed by atoms with Gasteiger partial charge in [0.15, 0.2) is 0 Å². The molecule has 0 spiro atoms. The minimum atomic E-state index is 0.432. The molecule has 2 N–H and O–H groups in total. The fourth-order valence-electron chi connectivity index (χ4n) is 1.88. The van der Waals surface area contributed by atoms with E-state index in [1.807, 2.05) is 42.5 Å². The van der Waals surface area contributed by atoms with E-state index in [9.17, 15) is 0 Å². The maximum absolute atomic E-state index is 6.10. The molecule has 3 rings (SSSR count). The summed E-state index contributed by atoms with van der Waals surface area (Å²) < 4.78 is 5.65. The molecule has 1 heterocycles. The predicted molar refractivity (Wildman–Crippen MR) is 78.4 cm³/mol. The SMILES string of the molecule is Nc1ccc(Cc2nnc(-c3ccccc3Cl)o2)cc1. The molecule has 0 fully saturated rings. The van der Waals surface area contributed by atoms with Gasteiger partial charge in [-0.1, -0.05) is 35.9 Å². The first-order valence-electron chi connectivity index (χ1n) is 6.14. The third-order valence-corrected chi connectivity index (χ3v) is 3.24. The van der Waals surface area contributed by atoms with Gasteiger partial charge in [-0.3, -0.25) is 0 Å². The van der Waals surface area contributed by atoms with Crippen molar-refractivity contribution in [3.8, 4) is 11.5 Å². The molecule has 0 saturated carbocycles. The Labute approximate surface area is 121 Å². The van der Waals surface area contributed by atoms with E-state index in [1.54, 1.807) is 6.07 Å². The number of anilines is 1. The zero-order valence-electron chi connectivity index (χ0n) is 10.6. The number of nitrogens with two attached hydrogens (primary N) is 1. The van der Waals surface area contributed by atoms with Crippen molar-refractivity contribution in [3.63, 3.8) is 0 Å². The molecule has 2 aromatic carbocycles. The highest BCUT2D eigenvalue weighted by Crippen LogP contribution is 2.26. The van der Waals surface area contributed by atoms with Crippen LogP contribution in [0.3, 0.4) is 0 Å². The van der Waals surface area contributed by atoms with Crippen molar-refractivity contribution in [2.24, 2.45) is 0 Å².